The van der Waals surface area contributed by atoms with Gasteiger partial charge in [-0.3, -0.25) is 4.79 Å². The second-order valence-corrected chi connectivity index (χ2v) is 10.1. The first-order valence-corrected chi connectivity index (χ1v) is 8.81. The quantitative estimate of drug-likeness (QED) is 0.639. The molecule has 0 radical (unpaired) electrons. The smallest absolute Gasteiger partial charge is 0.303 e. The van der Waals surface area contributed by atoms with Gasteiger partial charge in [-0.1, -0.05) is 52.0 Å². The molecule has 0 aliphatic carbocycles. The third-order valence-electron chi connectivity index (χ3n) is 3.70. The summed E-state index contributed by atoms with van der Waals surface area (Å²) in [5.41, 5.74) is 1.03. The molecule has 0 unspecified atom stereocenters. The predicted octanol–water partition coefficient (Wildman–Crippen LogP) is 3.65. The maximum absolute atomic E-state index is 15.3. The molecule has 1 aromatic carbocycles. The number of benzene rings is 1. The van der Waals surface area contributed by atoms with Gasteiger partial charge in [0.25, 0.3) is 8.41 Å². The van der Waals surface area contributed by atoms with Gasteiger partial charge in [-0.2, -0.15) is 0 Å². The van der Waals surface area contributed by atoms with Crippen LogP contribution in [0.4, 0.5) is 4.11 Å². The van der Waals surface area contributed by atoms with Gasteiger partial charge in [0.15, 0.2) is 0 Å². The minimum Gasteiger partial charge on any atom is -0.481 e. The minimum atomic E-state index is -2.96. The number of aliphatic carboxylic acids is 1. The van der Waals surface area contributed by atoms with Crippen LogP contribution < -0.4 is 5.19 Å². The Hall–Kier alpha value is -1.16. The molecule has 0 amide bonds. The van der Waals surface area contributed by atoms with Crippen LogP contribution in [0.5, 0.6) is 0 Å². The Labute approximate surface area is 115 Å². The summed E-state index contributed by atoms with van der Waals surface area (Å²) in [5, 5.41) is 9.47. The Morgan fingerprint density at radius 3 is 2.00 bits per heavy atom. The Bertz CT molecular complexity index is 418. The van der Waals surface area contributed by atoms with E-state index in [-0.39, 0.29) is 17.5 Å². The van der Waals surface area contributed by atoms with Gasteiger partial charge in [0, 0.05) is 6.42 Å². The first kappa shape index (κ1) is 15.9. The summed E-state index contributed by atoms with van der Waals surface area (Å²) in [7, 11) is -2.96. The molecule has 0 bridgehead atoms. The van der Waals surface area contributed by atoms with E-state index in [9.17, 15) is 4.79 Å². The number of carboxylic acids is 1. The van der Waals surface area contributed by atoms with Gasteiger partial charge in [-0.25, -0.2) is 0 Å². The number of rotatable bonds is 6. The highest BCUT2D eigenvalue weighted by Crippen LogP contribution is 2.33. The van der Waals surface area contributed by atoms with Crippen LogP contribution in [0, 0.1) is 0 Å². The van der Waals surface area contributed by atoms with Crippen LogP contribution in [0.2, 0.25) is 11.1 Å². The van der Waals surface area contributed by atoms with Crippen molar-refractivity contribution in [3.63, 3.8) is 0 Å². The van der Waals surface area contributed by atoms with Crippen LogP contribution in [-0.2, 0) is 11.2 Å². The molecular formula is C15H23FO2Si. The molecule has 106 valence electrons. The second kappa shape index (κ2) is 6.33. The van der Waals surface area contributed by atoms with E-state index in [2.05, 4.69) is 0 Å². The molecular weight excluding hydrogens is 259 g/mol. The summed E-state index contributed by atoms with van der Waals surface area (Å²) in [6, 6.07) is 7.43. The summed E-state index contributed by atoms with van der Waals surface area (Å²) in [6.07, 6.45) is 0.617. The Kier molecular flexibility index (Phi) is 5.29. The van der Waals surface area contributed by atoms with Gasteiger partial charge in [-0.05, 0) is 28.3 Å². The monoisotopic (exact) mass is 282 g/mol. The topological polar surface area (TPSA) is 37.3 Å². The molecule has 0 fully saturated rings. The van der Waals surface area contributed by atoms with Crippen LogP contribution in [0.15, 0.2) is 24.3 Å². The van der Waals surface area contributed by atoms with Gasteiger partial charge in [-0.15, -0.1) is 0 Å². The lowest BCUT2D eigenvalue weighted by atomic mass is 10.1. The Morgan fingerprint density at radius 1 is 1.16 bits per heavy atom. The summed E-state index contributed by atoms with van der Waals surface area (Å²) in [6.45, 7) is 7.80. The van der Waals surface area contributed by atoms with Gasteiger partial charge >= 0.3 is 5.97 Å². The molecule has 0 heterocycles. The van der Waals surface area contributed by atoms with E-state index in [0.29, 0.717) is 6.42 Å². The predicted molar refractivity (Wildman–Crippen MR) is 79.1 cm³/mol. The zero-order valence-corrected chi connectivity index (χ0v) is 13.1. The zero-order valence-electron chi connectivity index (χ0n) is 12.1. The number of carboxylic acid groups (broad SMARTS) is 1. The maximum atomic E-state index is 15.3. The summed E-state index contributed by atoms with van der Waals surface area (Å²) in [4.78, 5) is 10.5. The van der Waals surface area contributed by atoms with Crippen LogP contribution in [0.3, 0.4) is 0 Å². The highest BCUT2D eigenvalue weighted by molar-refractivity contribution is 6.88. The number of hydrogen-bond donors (Lipinski definition) is 1. The molecule has 1 aromatic rings. The largest absolute Gasteiger partial charge is 0.481 e. The minimum absolute atomic E-state index is 0.0392. The van der Waals surface area contributed by atoms with E-state index in [1.807, 2.05) is 52.0 Å². The molecule has 0 aromatic heterocycles. The van der Waals surface area contributed by atoms with E-state index < -0.39 is 14.4 Å². The zero-order chi connectivity index (χ0) is 14.6. The third kappa shape index (κ3) is 3.66. The van der Waals surface area contributed by atoms with Crippen LogP contribution >= 0.6 is 0 Å². The Morgan fingerprint density at radius 2 is 1.63 bits per heavy atom. The molecule has 0 aliphatic heterocycles. The fourth-order valence-electron chi connectivity index (χ4n) is 2.51. The fraction of sp³-hybridized carbons (Fsp3) is 0.533. The molecule has 0 aliphatic rings. The summed E-state index contributed by atoms with van der Waals surface area (Å²) >= 11 is 0. The number of hydrogen-bond acceptors (Lipinski definition) is 1. The summed E-state index contributed by atoms with van der Waals surface area (Å²) < 4.78 is 15.3. The third-order valence-corrected chi connectivity index (χ3v) is 8.28. The Balaban J connectivity index is 2.93. The normalized spacial score (nSPS) is 12.2. The molecule has 0 atom stereocenters. The van der Waals surface area contributed by atoms with Crippen molar-refractivity contribution in [2.75, 3.05) is 0 Å². The van der Waals surface area contributed by atoms with Gasteiger partial charge in [0.2, 0.25) is 0 Å². The van der Waals surface area contributed by atoms with Crippen molar-refractivity contribution in [3.8, 4) is 0 Å². The molecule has 2 nitrogen and oxygen atoms in total. The van der Waals surface area contributed by atoms with Crippen LogP contribution in [0.25, 0.3) is 0 Å². The molecule has 4 heteroatoms. The molecule has 1 rings (SSSR count). The van der Waals surface area contributed by atoms with Gasteiger partial charge in [0.1, 0.15) is 0 Å². The van der Waals surface area contributed by atoms with Crippen molar-refractivity contribution in [3.05, 3.63) is 29.8 Å². The van der Waals surface area contributed by atoms with Crippen molar-refractivity contribution in [1.82, 2.24) is 0 Å². The highest BCUT2D eigenvalue weighted by Gasteiger charge is 2.43. The van der Waals surface area contributed by atoms with E-state index in [0.717, 1.165) is 10.8 Å². The van der Waals surface area contributed by atoms with E-state index in [1.54, 1.807) is 0 Å². The van der Waals surface area contributed by atoms with E-state index in [1.165, 1.54) is 0 Å². The van der Waals surface area contributed by atoms with Crippen molar-refractivity contribution in [2.45, 2.75) is 51.6 Å². The lowest BCUT2D eigenvalue weighted by molar-refractivity contribution is -0.136. The molecule has 0 spiro atoms. The molecule has 0 saturated heterocycles. The van der Waals surface area contributed by atoms with Crippen molar-refractivity contribution in [2.24, 2.45) is 0 Å². The molecule has 19 heavy (non-hydrogen) atoms. The second-order valence-electron chi connectivity index (χ2n) is 5.67. The number of carbonyl (C=O) groups is 1. The number of halogens is 1. The van der Waals surface area contributed by atoms with Crippen LogP contribution in [-0.4, -0.2) is 19.5 Å². The maximum Gasteiger partial charge on any atom is 0.303 e. The van der Waals surface area contributed by atoms with Crippen molar-refractivity contribution < 1.29 is 14.0 Å². The average Bonchev–Trinajstić information content (AvgIpc) is 2.35. The average molecular weight is 282 g/mol. The highest BCUT2D eigenvalue weighted by atomic mass is 28.4. The van der Waals surface area contributed by atoms with E-state index >= 15 is 4.11 Å². The fourth-order valence-corrected chi connectivity index (χ4v) is 5.86. The standard InChI is InChI=1S/C15H23FO2Si/c1-11(2)19(16,12(3)4)14-8-5-13(6-9-14)7-10-15(17)18/h5-6,8-9,11-12H,7,10H2,1-4H3,(H,17,18)/i16+0. The SMILES string of the molecule is CC(C)[Si]([19F])(c1ccc(CCC(=O)O)cc1)C(C)C. The molecule has 1 N–H and O–H groups in total. The van der Waals surface area contributed by atoms with Crippen LogP contribution in [0.1, 0.15) is 39.7 Å². The number of aryl methyl sites for hydroxylation is 1. The van der Waals surface area contributed by atoms with Gasteiger partial charge < -0.3 is 9.21 Å². The summed E-state index contributed by atoms with van der Waals surface area (Å²) in [5.74, 6) is -0.803. The lowest BCUT2D eigenvalue weighted by Crippen LogP contribution is -2.49. The van der Waals surface area contributed by atoms with Gasteiger partial charge in [0.05, 0.1) is 0 Å². The van der Waals surface area contributed by atoms with Crippen molar-refractivity contribution >= 4 is 19.6 Å². The van der Waals surface area contributed by atoms with E-state index in [4.69, 9.17) is 5.11 Å². The molecule has 0 saturated carbocycles. The lowest BCUT2D eigenvalue weighted by Gasteiger charge is -2.30. The first-order valence-electron chi connectivity index (χ1n) is 6.78. The first-order chi connectivity index (χ1) is 8.78. The van der Waals surface area contributed by atoms with Crippen molar-refractivity contribution in [1.29, 1.82) is 0 Å².